The lowest BCUT2D eigenvalue weighted by Gasteiger charge is -2.32. The summed E-state index contributed by atoms with van der Waals surface area (Å²) in [4.78, 5) is 4.99. The molecule has 23 heavy (non-hydrogen) atoms. The third kappa shape index (κ3) is 4.57. The topological polar surface area (TPSA) is 6.48 Å². The van der Waals surface area contributed by atoms with Gasteiger partial charge in [0, 0.05) is 36.8 Å². The van der Waals surface area contributed by atoms with Crippen LogP contribution in [0, 0.1) is 0 Å². The van der Waals surface area contributed by atoms with Crippen LogP contribution in [0.4, 0.5) is 0 Å². The summed E-state index contributed by atoms with van der Waals surface area (Å²) in [6.45, 7) is 6.00. The number of hydrogen-bond donors (Lipinski definition) is 0. The Bertz CT molecular complexity index is 633. The molecule has 0 aliphatic carbocycles. The van der Waals surface area contributed by atoms with Crippen molar-refractivity contribution in [2.75, 3.05) is 39.8 Å². The minimum atomic E-state index is 0.821. The van der Waals surface area contributed by atoms with Crippen LogP contribution in [0.3, 0.4) is 0 Å². The van der Waals surface area contributed by atoms with E-state index in [-0.39, 0.29) is 0 Å². The van der Waals surface area contributed by atoms with Crippen molar-refractivity contribution in [3.8, 4) is 11.1 Å². The lowest BCUT2D eigenvalue weighted by molar-refractivity contribution is 0.153. The van der Waals surface area contributed by atoms with Gasteiger partial charge in [-0.15, -0.1) is 0 Å². The highest BCUT2D eigenvalue weighted by Gasteiger charge is 2.12. The van der Waals surface area contributed by atoms with Crippen LogP contribution in [-0.2, 0) is 6.42 Å². The van der Waals surface area contributed by atoms with Crippen LogP contribution < -0.4 is 0 Å². The molecule has 2 aromatic rings. The van der Waals surface area contributed by atoms with E-state index in [0.29, 0.717) is 0 Å². The summed E-state index contributed by atoms with van der Waals surface area (Å²) in [7, 11) is 2.21. The van der Waals surface area contributed by atoms with Crippen molar-refractivity contribution in [2.24, 2.45) is 0 Å². The van der Waals surface area contributed by atoms with Gasteiger partial charge in [-0.3, -0.25) is 0 Å². The number of piperazine rings is 1. The number of nitrogens with zero attached hydrogens (tertiary/aromatic N) is 2. The number of hydrogen-bond acceptors (Lipinski definition) is 2. The summed E-state index contributed by atoms with van der Waals surface area (Å²) in [5, 5.41) is 0.821. The van der Waals surface area contributed by atoms with Gasteiger partial charge in [0.15, 0.2) is 0 Å². The molecule has 1 aliphatic rings. The molecule has 0 spiro atoms. The van der Waals surface area contributed by atoms with E-state index in [4.69, 9.17) is 11.6 Å². The number of likely N-dealkylation sites (N-methyl/N-ethyl adjacent to an activating group) is 1. The summed E-state index contributed by atoms with van der Waals surface area (Å²) in [6, 6.07) is 16.9. The van der Waals surface area contributed by atoms with E-state index in [2.05, 4.69) is 47.2 Å². The Hall–Kier alpha value is -1.35. The summed E-state index contributed by atoms with van der Waals surface area (Å²) < 4.78 is 0. The first-order chi connectivity index (χ1) is 11.2. The maximum atomic E-state index is 6.32. The normalized spacial score (nSPS) is 16.6. The zero-order valence-corrected chi connectivity index (χ0v) is 14.6. The highest BCUT2D eigenvalue weighted by atomic mass is 35.5. The molecule has 2 nitrogen and oxygen atoms in total. The largest absolute Gasteiger partial charge is 0.304 e. The lowest BCUT2D eigenvalue weighted by Crippen LogP contribution is -2.44. The predicted molar refractivity (Wildman–Crippen MR) is 99.1 cm³/mol. The van der Waals surface area contributed by atoms with Crippen molar-refractivity contribution >= 4 is 11.6 Å². The van der Waals surface area contributed by atoms with Crippen LogP contribution in [0.1, 0.15) is 12.0 Å². The first-order valence-electron chi connectivity index (χ1n) is 8.47. The molecular weight excluding hydrogens is 304 g/mol. The Morgan fingerprint density at radius 3 is 2.52 bits per heavy atom. The second kappa shape index (κ2) is 7.96. The third-order valence-electron chi connectivity index (χ3n) is 4.65. The highest BCUT2D eigenvalue weighted by Crippen LogP contribution is 2.28. The first kappa shape index (κ1) is 16.5. The standard InChI is InChI=1S/C20H25ClN2/c1-22-12-14-23(15-13-22)11-5-7-17-6-4-8-18(16-17)19-9-2-3-10-20(19)21/h2-4,6,8-10,16H,5,7,11-15H2,1H3. The molecule has 0 amide bonds. The zero-order valence-electron chi connectivity index (χ0n) is 13.8. The van der Waals surface area contributed by atoms with Crippen LogP contribution >= 0.6 is 11.6 Å². The molecule has 0 bridgehead atoms. The molecule has 1 fully saturated rings. The molecule has 1 aliphatic heterocycles. The van der Waals surface area contributed by atoms with Crippen molar-refractivity contribution in [3.63, 3.8) is 0 Å². The molecule has 1 saturated heterocycles. The van der Waals surface area contributed by atoms with Crippen LogP contribution in [0.2, 0.25) is 5.02 Å². The SMILES string of the molecule is CN1CCN(CCCc2cccc(-c3ccccc3Cl)c2)CC1. The highest BCUT2D eigenvalue weighted by molar-refractivity contribution is 6.33. The van der Waals surface area contributed by atoms with Gasteiger partial charge in [0.1, 0.15) is 0 Å². The Morgan fingerprint density at radius 1 is 0.957 bits per heavy atom. The summed E-state index contributed by atoms with van der Waals surface area (Å²) in [5.74, 6) is 0. The molecule has 0 N–H and O–H groups in total. The van der Waals surface area contributed by atoms with Crippen LogP contribution in [0.5, 0.6) is 0 Å². The molecule has 0 saturated carbocycles. The molecule has 3 heteroatoms. The van der Waals surface area contributed by atoms with Gasteiger partial charge in [-0.25, -0.2) is 0 Å². The van der Waals surface area contributed by atoms with Gasteiger partial charge in [0.05, 0.1) is 0 Å². The number of benzene rings is 2. The van der Waals surface area contributed by atoms with Crippen LogP contribution in [0.15, 0.2) is 48.5 Å². The Balaban J connectivity index is 1.57. The Morgan fingerprint density at radius 2 is 1.74 bits per heavy atom. The summed E-state index contributed by atoms with van der Waals surface area (Å²) >= 11 is 6.32. The average Bonchev–Trinajstić information content (AvgIpc) is 2.57. The second-order valence-electron chi connectivity index (χ2n) is 6.43. The van der Waals surface area contributed by atoms with Gasteiger partial charge in [0.2, 0.25) is 0 Å². The molecule has 122 valence electrons. The first-order valence-corrected chi connectivity index (χ1v) is 8.85. The van der Waals surface area contributed by atoms with E-state index in [1.165, 1.54) is 50.3 Å². The fourth-order valence-electron chi connectivity index (χ4n) is 3.17. The molecule has 0 aromatic heterocycles. The molecule has 0 unspecified atom stereocenters. The van der Waals surface area contributed by atoms with E-state index in [1.54, 1.807) is 0 Å². The van der Waals surface area contributed by atoms with Gasteiger partial charge in [0.25, 0.3) is 0 Å². The minimum Gasteiger partial charge on any atom is -0.304 e. The minimum absolute atomic E-state index is 0.821. The van der Waals surface area contributed by atoms with E-state index in [1.807, 2.05) is 18.2 Å². The van der Waals surface area contributed by atoms with Gasteiger partial charge in [-0.1, -0.05) is 54.1 Å². The summed E-state index contributed by atoms with van der Waals surface area (Å²) in [5.41, 5.74) is 3.74. The van der Waals surface area contributed by atoms with Gasteiger partial charge in [-0.2, -0.15) is 0 Å². The number of halogens is 1. The van der Waals surface area contributed by atoms with E-state index in [0.717, 1.165) is 17.0 Å². The van der Waals surface area contributed by atoms with Crippen molar-refractivity contribution in [1.82, 2.24) is 9.80 Å². The molecular formula is C20H25ClN2. The predicted octanol–water partition coefficient (Wildman–Crippen LogP) is 4.19. The molecule has 0 radical (unpaired) electrons. The maximum absolute atomic E-state index is 6.32. The average molecular weight is 329 g/mol. The third-order valence-corrected chi connectivity index (χ3v) is 4.98. The Kier molecular flexibility index (Phi) is 5.71. The van der Waals surface area contributed by atoms with Crippen molar-refractivity contribution in [1.29, 1.82) is 0 Å². The molecule has 1 heterocycles. The second-order valence-corrected chi connectivity index (χ2v) is 6.84. The molecule has 2 aromatic carbocycles. The molecule has 3 rings (SSSR count). The smallest absolute Gasteiger partial charge is 0.0484 e. The van der Waals surface area contributed by atoms with E-state index in [9.17, 15) is 0 Å². The van der Waals surface area contributed by atoms with Gasteiger partial charge < -0.3 is 9.80 Å². The maximum Gasteiger partial charge on any atom is 0.0484 e. The van der Waals surface area contributed by atoms with Crippen molar-refractivity contribution in [3.05, 3.63) is 59.1 Å². The quantitative estimate of drug-likeness (QED) is 0.812. The zero-order chi connectivity index (χ0) is 16.1. The monoisotopic (exact) mass is 328 g/mol. The fourth-order valence-corrected chi connectivity index (χ4v) is 3.41. The van der Waals surface area contributed by atoms with Crippen molar-refractivity contribution in [2.45, 2.75) is 12.8 Å². The van der Waals surface area contributed by atoms with E-state index < -0.39 is 0 Å². The van der Waals surface area contributed by atoms with E-state index >= 15 is 0 Å². The van der Waals surface area contributed by atoms with Gasteiger partial charge in [-0.05, 0) is 43.6 Å². The van der Waals surface area contributed by atoms with Crippen LogP contribution in [0.25, 0.3) is 11.1 Å². The fraction of sp³-hybridized carbons (Fsp3) is 0.400. The lowest BCUT2D eigenvalue weighted by atomic mass is 10.0. The summed E-state index contributed by atoms with van der Waals surface area (Å²) in [6.07, 6.45) is 2.35. The Labute approximate surface area is 144 Å². The van der Waals surface area contributed by atoms with Crippen molar-refractivity contribution < 1.29 is 0 Å². The van der Waals surface area contributed by atoms with Gasteiger partial charge >= 0.3 is 0 Å². The number of aryl methyl sites for hydroxylation is 1. The number of rotatable bonds is 5. The van der Waals surface area contributed by atoms with Crippen LogP contribution in [-0.4, -0.2) is 49.6 Å². The molecule has 0 atom stereocenters.